The lowest BCUT2D eigenvalue weighted by Crippen LogP contribution is -1.69. The molecule has 0 amide bonds. The predicted molar refractivity (Wildman–Crippen MR) is 29.6 cm³/mol. The van der Waals surface area contributed by atoms with Crippen molar-refractivity contribution in [1.29, 1.82) is 0 Å². The molecule has 0 aliphatic rings. The van der Waals surface area contributed by atoms with Crippen LogP contribution in [-0.2, 0) is 4.74 Å². The van der Waals surface area contributed by atoms with E-state index in [9.17, 15) is 0 Å². The number of allylic oxidation sites excluding steroid dienone is 1. The van der Waals surface area contributed by atoms with E-state index < -0.39 is 0 Å². The second kappa shape index (κ2) is 3.30. The first-order valence-electron chi connectivity index (χ1n) is 1.97. The van der Waals surface area contributed by atoms with Crippen molar-refractivity contribution >= 4 is 0 Å². The van der Waals surface area contributed by atoms with E-state index in [4.69, 9.17) is 6.42 Å². The van der Waals surface area contributed by atoms with Crippen LogP contribution in [0.2, 0.25) is 0 Å². The van der Waals surface area contributed by atoms with Gasteiger partial charge in [0.2, 0.25) is 0 Å². The fourth-order valence-electron chi connectivity index (χ4n) is 0.211. The summed E-state index contributed by atoms with van der Waals surface area (Å²) in [6.07, 6.45) is 6.49. The minimum atomic E-state index is 0.808. The summed E-state index contributed by atoms with van der Waals surface area (Å²) >= 11 is 0. The normalized spacial score (nSPS) is 10.1. The lowest BCUT2D eigenvalue weighted by Gasteiger charge is -1.84. The molecule has 0 bridgehead atoms. The second-order valence-corrected chi connectivity index (χ2v) is 1.18. The van der Waals surface area contributed by atoms with Gasteiger partial charge in [0, 0.05) is 5.57 Å². The summed E-state index contributed by atoms with van der Waals surface area (Å²) in [5.41, 5.74) is 0.808. The molecule has 0 unspecified atom stereocenters. The molecule has 0 fully saturated rings. The Balaban J connectivity index is 3.57. The molecule has 1 nitrogen and oxygen atoms in total. The molecule has 0 saturated carbocycles. The molecule has 0 aromatic carbocycles. The molecule has 0 atom stereocenters. The summed E-state index contributed by atoms with van der Waals surface area (Å²) < 4.78 is 4.59. The van der Waals surface area contributed by atoms with Crippen molar-refractivity contribution in [3.8, 4) is 12.3 Å². The Morgan fingerprint density at radius 2 is 2.43 bits per heavy atom. The van der Waals surface area contributed by atoms with E-state index in [-0.39, 0.29) is 0 Å². The summed E-state index contributed by atoms with van der Waals surface area (Å²) in [6, 6.07) is 0. The highest BCUT2D eigenvalue weighted by molar-refractivity contribution is 5.19. The zero-order valence-electron chi connectivity index (χ0n) is 4.56. The van der Waals surface area contributed by atoms with E-state index >= 15 is 0 Å². The van der Waals surface area contributed by atoms with E-state index in [2.05, 4.69) is 10.7 Å². The third-order valence-electron chi connectivity index (χ3n) is 0.522. The minimum Gasteiger partial charge on any atom is -0.503 e. The molecule has 0 rings (SSSR count). The smallest absolute Gasteiger partial charge is 0.0937 e. The second-order valence-electron chi connectivity index (χ2n) is 1.18. The zero-order valence-corrected chi connectivity index (χ0v) is 4.56. The molecule has 1 heteroatoms. The van der Waals surface area contributed by atoms with Crippen LogP contribution in [0.3, 0.4) is 0 Å². The van der Waals surface area contributed by atoms with Gasteiger partial charge in [-0.25, -0.2) is 0 Å². The van der Waals surface area contributed by atoms with Crippen LogP contribution in [0.25, 0.3) is 0 Å². The van der Waals surface area contributed by atoms with Gasteiger partial charge in [-0.2, -0.15) is 0 Å². The number of terminal acetylenes is 1. The van der Waals surface area contributed by atoms with Gasteiger partial charge < -0.3 is 4.74 Å². The molecule has 0 aromatic heterocycles. The van der Waals surface area contributed by atoms with Gasteiger partial charge >= 0.3 is 0 Å². The third-order valence-corrected chi connectivity index (χ3v) is 0.522. The molecule has 0 spiro atoms. The fourth-order valence-corrected chi connectivity index (χ4v) is 0.211. The van der Waals surface area contributed by atoms with Crippen LogP contribution in [0.4, 0.5) is 0 Å². The molecule has 7 heavy (non-hydrogen) atoms. The van der Waals surface area contributed by atoms with Gasteiger partial charge in [-0.15, -0.1) is 6.42 Å². The summed E-state index contributed by atoms with van der Waals surface area (Å²) in [5, 5.41) is 0. The standard InChI is InChI=1S/C6H8O/c1-4-6(2)5-7-3/h1,5H,2-3H3/b6-5-. The van der Waals surface area contributed by atoms with Crippen LogP contribution in [0.1, 0.15) is 6.92 Å². The van der Waals surface area contributed by atoms with Crippen LogP contribution in [0.15, 0.2) is 11.8 Å². The van der Waals surface area contributed by atoms with Crippen LogP contribution in [0, 0.1) is 12.3 Å². The van der Waals surface area contributed by atoms with E-state index in [0.717, 1.165) is 5.57 Å². The Bertz CT molecular complexity index is 106. The van der Waals surface area contributed by atoms with E-state index in [1.54, 1.807) is 7.11 Å². The Kier molecular flexibility index (Phi) is 2.87. The molecule has 0 saturated heterocycles. The SMILES string of the molecule is C#C/C(C)=C\OC. The largest absolute Gasteiger partial charge is 0.503 e. The van der Waals surface area contributed by atoms with Gasteiger partial charge in [0.15, 0.2) is 0 Å². The fraction of sp³-hybridized carbons (Fsp3) is 0.333. The van der Waals surface area contributed by atoms with Crippen molar-refractivity contribution in [1.82, 2.24) is 0 Å². The molecule has 0 radical (unpaired) electrons. The number of ether oxygens (including phenoxy) is 1. The molecule has 0 aliphatic carbocycles. The summed E-state index contributed by atoms with van der Waals surface area (Å²) in [5.74, 6) is 2.40. The number of hydrogen-bond donors (Lipinski definition) is 0. The molecule has 0 aliphatic heterocycles. The molecule has 0 heterocycles. The number of methoxy groups -OCH3 is 1. The van der Waals surface area contributed by atoms with E-state index in [1.807, 2.05) is 6.92 Å². The Labute approximate surface area is 44.0 Å². The van der Waals surface area contributed by atoms with Crippen molar-refractivity contribution in [2.75, 3.05) is 7.11 Å². The lowest BCUT2D eigenvalue weighted by molar-refractivity contribution is 0.335. The molecule has 38 valence electrons. The van der Waals surface area contributed by atoms with Crippen molar-refractivity contribution in [2.45, 2.75) is 6.92 Å². The monoisotopic (exact) mass is 96.1 g/mol. The van der Waals surface area contributed by atoms with Crippen LogP contribution in [0.5, 0.6) is 0 Å². The quantitative estimate of drug-likeness (QED) is 0.351. The Morgan fingerprint density at radius 3 is 2.57 bits per heavy atom. The van der Waals surface area contributed by atoms with Crippen LogP contribution in [-0.4, -0.2) is 7.11 Å². The Hall–Kier alpha value is -0.900. The van der Waals surface area contributed by atoms with E-state index in [1.165, 1.54) is 6.26 Å². The highest BCUT2D eigenvalue weighted by Gasteiger charge is 1.72. The van der Waals surface area contributed by atoms with Gasteiger partial charge in [0.1, 0.15) is 0 Å². The third kappa shape index (κ3) is 2.92. The first-order chi connectivity index (χ1) is 3.31. The van der Waals surface area contributed by atoms with Crippen molar-refractivity contribution in [3.05, 3.63) is 11.8 Å². The molecular formula is C6H8O. The summed E-state index contributed by atoms with van der Waals surface area (Å²) in [7, 11) is 1.57. The van der Waals surface area contributed by atoms with Gasteiger partial charge in [-0.1, -0.05) is 5.92 Å². The van der Waals surface area contributed by atoms with Crippen molar-refractivity contribution < 1.29 is 4.74 Å². The maximum atomic E-state index is 4.96. The highest BCUT2D eigenvalue weighted by atomic mass is 16.5. The van der Waals surface area contributed by atoms with Gasteiger partial charge in [-0.05, 0) is 6.92 Å². The van der Waals surface area contributed by atoms with Crippen molar-refractivity contribution in [3.63, 3.8) is 0 Å². The lowest BCUT2D eigenvalue weighted by atomic mass is 10.4. The summed E-state index contributed by atoms with van der Waals surface area (Å²) in [6.45, 7) is 1.81. The number of rotatable bonds is 1. The average Bonchev–Trinajstić information content (AvgIpc) is 1.68. The van der Waals surface area contributed by atoms with Gasteiger partial charge in [0.25, 0.3) is 0 Å². The van der Waals surface area contributed by atoms with Crippen LogP contribution < -0.4 is 0 Å². The number of hydrogen-bond acceptors (Lipinski definition) is 1. The maximum absolute atomic E-state index is 4.96. The molecule has 0 aromatic rings. The van der Waals surface area contributed by atoms with Gasteiger partial charge in [-0.3, -0.25) is 0 Å². The minimum absolute atomic E-state index is 0.808. The first-order valence-corrected chi connectivity index (χ1v) is 1.97. The first kappa shape index (κ1) is 6.10. The highest BCUT2D eigenvalue weighted by Crippen LogP contribution is 1.85. The van der Waals surface area contributed by atoms with Crippen molar-refractivity contribution in [2.24, 2.45) is 0 Å². The topological polar surface area (TPSA) is 9.23 Å². The maximum Gasteiger partial charge on any atom is 0.0937 e. The zero-order chi connectivity index (χ0) is 5.70. The summed E-state index contributed by atoms with van der Waals surface area (Å²) in [4.78, 5) is 0. The van der Waals surface area contributed by atoms with Crippen LogP contribution >= 0.6 is 0 Å². The molecule has 0 N–H and O–H groups in total. The molecular weight excluding hydrogens is 88.1 g/mol. The Morgan fingerprint density at radius 1 is 1.86 bits per heavy atom. The average molecular weight is 96.1 g/mol. The predicted octanol–water partition coefficient (Wildman–Crippen LogP) is 1.17. The van der Waals surface area contributed by atoms with E-state index in [0.29, 0.717) is 0 Å². The van der Waals surface area contributed by atoms with Gasteiger partial charge in [0.05, 0.1) is 13.4 Å².